The van der Waals surface area contributed by atoms with Gasteiger partial charge in [0.2, 0.25) is 0 Å². The number of aryl methyl sites for hydroxylation is 1. The predicted molar refractivity (Wildman–Crippen MR) is 92.3 cm³/mol. The molecule has 22 heavy (non-hydrogen) atoms. The fraction of sp³-hybridized carbons (Fsp3) is 0.263. The first kappa shape index (κ1) is 14.0. The number of aliphatic hydroxyl groups is 1. The number of fused-ring (bicyclic) bond motifs is 4. The molecule has 0 radical (unpaired) electrons. The van der Waals surface area contributed by atoms with Gasteiger partial charge in [-0.05, 0) is 58.9 Å². The number of hydrogen-bond acceptors (Lipinski definition) is 2. The smallest absolute Gasteiger partial charge is 0.128 e. The molecule has 4 rings (SSSR count). The highest BCUT2D eigenvalue weighted by Gasteiger charge is 2.21. The number of benzene rings is 2. The van der Waals surface area contributed by atoms with Gasteiger partial charge in [0.1, 0.15) is 12.4 Å². The third kappa shape index (κ3) is 2.29. The molecule has 0 saturated carbocycles. The van der Waals surface area contributed by atoms with Crippen molar-refractivity contribution in [2.45, 2.75) is 25.6 Å². The van der Waals surface area contributed by atoms with Gasteiger partial charge in [0.05, 0.1) is 6.10 Å². The fourth-order valence-corrected chi connectivity index (χ4v) is 3.61. The molecule has 1 atom stereocenters. The molecule has 2 nitrogen and oxygen atoms in total. The molecule has 1 heterocycles. The lowest BCUT2D eigenvalue weighted by Crippen LogP contribution is -2.09. The van der Waals surface area contributed by atoms with E-state index in [4.69, 9.17) is 4.74 Å². The normalized spacial score (nSPS) is 16.3. The van der Waals surface area contributed by atoms with Crippen molar-refractivity contribution in [3.63, 3.8) is 0 Å². The fourth-order valence-electron chi connectivity index (χ4n) is 3.24. The summed E-state index contributed by atoms with van der Waals surface area (Å²) in [5.41, 5.74) is 7.15. The van der Waals surface area contributed by atoms with E-state index in [0.717, 1.165) is 29.7 Å². The first-order valence-corrected chi connectivity index (χ1v) is 8.72. The van der Waals surface area contributed by atoms with Gasteiger partial charge in [-0.25, -0.2) is 0 Å². The molecular formula is C19H17BrO2. The van der Waals surface area contributed by atoms with Gasteiger partial charge in [-0.1, -0.05) is 40.2 Å². The predicted octanol–water partition coefficient (Wildman–Crippen LogP) is 4.63. The van der Waals surface area contributed by atoms with Gasteiger partial charge in [0.15, 0.2) is 0 Å². The number of hydrogen-bond donors (Lipinski definition) is 1. The van der Waals surface area contributed by atoms with Crippen molar-refractivity contribution in [2.24, 2.45) is 0 Å². The van der Waals surface area contributed by atoms with Crippen LogP contribution in [-0.4, -0.2) is 10.4 Å². The maximum Gasteiger partial charge on any atom is 0.128 e. The average molecular weight is 357 g/mol. The summed E-state index contributed by atoms with van der Waals surface area (Å²) in [7, 11) is 0. The second-order valence-corrected chi connectivity index (χ2v) is 6.51. The van der Waals surface area contributed by atoms with E-state index in [0.29, 0.717) is 11.9 Å². The van der Waals surface area contributed by atoms with Crippen molar-refractivity contribution in [1.29, 1.82) is 0 Å². The van der Waals surface area contributed by atoms with Crippen molar-refractivity contribution in [3.05, 3.63) is 58.7 Å². The van der Waals surface area contributed by atoms with Gasteiger partial charge in [-0.3, -0.25) is 0 Å². The van der Waals surface area contributed by atoms with Crippen molar-refractivity contribution in [2.75, 3.05) is 5.33 Å². The van der Waals surface area contributed by atoms with Crippen molar-refractivity contribution in [3.8, 4) is 16.9 Å². The molecule has 112 valence electrons. The first-order valence-electron chi connectivity index (χ1n) is 7.60. The third-order valence-electron chi connectivity index (χ3n) is 4.45. The zero-order chi connectivity index (χ0) is 15.1. The Kier molecular flexibility index (Phi) is 3.55. The van der Waals surface area contributed by atoms with Gasteiger partial charge < -0.3 is 9.84 Å². The van der Waals surface area contributed by atoms with Crippen LogP contribution in [-0.2, 0) is 13.0 Å². The molecule has 1 unspecified atom stereocenters. The quantitative estimate of drug-likeness (QED) is 0.794. The van der Waals surface area contributed by atoms with E-state index >= 15 is 0 Å². The topological polar surface area (TPSA) is 29.5 Å². The van der Waals surface area contributed by atoms with E-state index in [2.05, 4.69) is 52.3 Å². The van der Waals surface area contributed by atoms with Crippen LogP contribution in [0.15, 0.2) is 36.4 Å². The summed E-state index contributed by atoms with van der Waals surface area (Å²) in [5, 5.41) is 10.5. The third-order valence-corrected chi connectivity index (χ3v) is 5.07. The number of aliphatic hydroxyl groups excluding tert-OH is 1. The average Bonchev–Trinajstić information content (AvgIpc) is 2.58. The molecule has 1 aliphatic carbocycles. The highest BCUT2D eigenvalue weighted by molar-refractivity contribution is 9.09. The molecule has 0 saturated heterocycles. The van der Waals surface area contributed by atoms with Crippen LogP contribution < -0.4 is 4.74 Å². The summed E-state index contributed by atoms with van der Waals surface area (Å²) < 4.78 is 5.96. The Balaban J connectivity index is 1.82. The second-order valence-electron chi connectivity index (χ2n) is 5.86. The lowest BCUT2D eigenvalue weighted by atomic mass is 9.89. The van der Waals surface area contributed by atoms with Crippen LogP contribution >= 0.6 is 15.9 Å². The molecule has 0 fully saturated rings. The van der Waals surface area contributed by atoms with E-state index in [1.807, 2.05) is 6.07 Å². The van der Waals surface area contributed by atoms with Gasteiger partial charge in [-0.15, -0.1) is 0 Å². The second kappa shape index (κ2) is 5.56. The number of halogens is 1. The maximum atomic E-state index is 9.99. The van der Waals surface area contributed by atoms with Gasteiger partial charge in [0.25, 0.3) is 0 Å². The zero-order valence-corrected chi connectivity index (χ0v) is 13.8. The summed E-state index contributed by atoms with van der Waals surface area (Å²) in [6.45, 7) is 0.563. The summed E-state index contributed by atoms with van der Waals surface area (Å²) in [6.07, 6.45) is 6.14. The molecule has 0 bridgehead atoms. The number of alkyl halides is 1. The minimum atomic E-state index is -0.472. The Morgan fingerprint density at radius 2 is 2.05 bits per heavy atom. The first-order chi connectivity index (χ1) is 10.8. The Hall–Kier alpha value is -1.58. The lowest BCUT2D eigenvalue weighted by Gasteiger charge is -2.24. The number of ether oxygens (including phenoxy) is 1. The Bertz CT molecular complexity index is 764. The molecule has 0 aromatic heterocycles. The highest BCUT2D eigenvalue weighted by atomic mass is 79.9. The molecule has 0 amide bonds. The van der Waals surface area contributed by atoms with Crippen LogP contribution in [0.3, 0.4) is 0 Å². The summed E-state index contributed by atoms with van der Waals surface area (Å²) in [6, 6.07) is 10.6. The Morgan fingerprint density at radius 3 is 2.91 bits per heavy atom. The van der Waals surface area contributed by atoms with E-state index in [9.17, 15) is 5.11 Å². The largest absolute Gasteiger partial charge is 0.488 e. The van der Waals surface area contributed by atoms with E-state index in [-0.39, 0.29) is 0 Å². The van der Waals surface area contributed by atoms with Crippen LogP contribution in [0.1, 0.15) is 34.8 Å². The molecule has 2 aromatic carbocycles. The lowest BCUT2D eigenvalue weighted by molar-refractivity contribution is 0.205. The number of rotatable bonds is 2. The van der Waals surface area contributed by atoms with E-state index < -0.39 is 6.10 Å². The minimum Gasteiger partial charge on any atom is -0.488 e. The van der Waals surface area contributed by atoms with Crippen LogP contribution in [0, 0.1) is 0 Å². The molecule has 2 aromatic rings. The van der Waals surface area contributed by atoms with E-state index in [1.54, 1.807) is 0 Å². The van der Waals surface area contributed by atoms with Gasteiger partial charge in [-0.2, -0.15) is 0 Å². The Labute approximate surface area is 138 Å². The highest BCUT2D eigenvalue weighted by Crippen LogP contribution is 2.41. The summed E-state index contributed by atoms with van der Waals surface area (Å²) >= 11 is 3.33. The monoisotopic (exact) mass is 356 g/mol. The molecular weight excluding hydrogens is 340 g/mol. The standard InChI is InChI=1S/C19H17BrO2/c20-10-18(21)14-5-6-16-15(7-14)11-22-19-9-13-4-2-1-3-12(13)8-17(16)19/h2,4-9,18,21H,1,3,10-11H2. The minimum absolute atomic E-state index is 0.472. The zero-order valence-electron chi connectivity index (χ0n) is 12.2. The summed E-state index contributed by atoms with van der Waals surface area (Å²) in [4.78, 5) is 0. The number of allylic oxidation sites excluding steroid dienone is 1. The summed E-state index contributed by atoms with van der Waals surface area (Å²) in [5.74, 6) is 0.964. The molecule has 1 N–H and O–H groups in total. The van der Waals surface area contributed by atoms with Crippen LogP contribution in [0.25, 0.3) is 17.2 Å². The van der Waals surface area contributed by atoms with Crippen LogP contribution in [0.4, 0.5) is 0 Å². The molecule has 3 heteroatoms. The molecule has 0 spiro atoms. The van der Waals surface area contributed by atoms with Crippen LogP contribution in [0.2, 0.25) is 0 Å². The molecule has 1 aliphatic heterocycles. The van der Waals surface area contributed by atoms with E-state index in [1.165, 1.54) is 22.3 Å². The Morgan fingerprint density at radius 1 is 1.14 bits per heavy atom. The van der Waals surface area contributed by atoms with Gasteiger partial charge in [0, 0.05) is 10.9 Å². The van der Waals surface area contributed by atoms with Crippen molar-refractivity contribution >= 4 is 22.0 Å². The van der Waals surface area contributed by atoms with Crippen LogP contribution in [0.5, 0.6) is 5.75 Å². The van der Waals surface area contributed by atoms with Crippen molar-refractivity contribution < 1.29 is 9.84 Å². The van der Waals surface area contributed by atoms with Gasteiger partial charge >= 0.3 is 0 Å². The SMILES string of the molecule is OC(CBr)c1ccc2c(c1)COc1cc3c(cc1-2)CCC=C3. The molecule has 2 aliphatic rings. The maximum absolute atomic E-state index is 9.99. The van der Waals surface area contributed by atoms with Crippen molar-refractivity contribution in [1.82, 2.24) is 0 Å².